The van der Waals surface area contributed by atoms with Crippen LogP contribution in [0.2, 0.25) is 0 Å². The number of aryl methyl sites for hydroxylation is 1. The van der Waals surface area contributed by atoms with Crippen LogP contribution < -0.4 is 4.90 Å². The van der Waals surface area contributed by atoms with E-state index in [-0.39, 0.29) is 5.91 Å². The quantitative estimate of drug-likeness (QED) is 0.877. The van der Waals surface area contributed by atoms with Gasteiger partial charge in [0.05, 0.1) is 6.10 Å². The molecule has 24 heavy (non-hydrogen) atoms. The number of carbonyl (C=O) groups excluding carboxylic acids is 1. The Labute approximate surface area is 146 Å². The predicted molar refractivity (Wildman–Crippen MR) is 98.4 cm³/mol. The van der Waals surface area contributed by atoms with Crippen LogP contribution in [0.25, 0.3) is 0 Å². The summed E-state index contributed by atoms with van der Waals surface area (Å²) in [5, 5.41) is 10.1. The van der Waals surface area contributed by atoms with E-state index in [2.05, 4.69) is 4.98 Å². The molecule has 0 bridgehead atoms. The highest BCUT2D eigenvalue weighted by molar-refractivity contribution is 8.00. The summed E-state index contributed by atoms with van der Waals surface area (Å²) in [7, 11) is 0. The van der Waals surface area contributed by atoms with Crippen molar-refractivity contribution in [1.29, 1.82) is 0 Å². The molecule has 5 heteroatoms. The highest BCUT2D eigenvalue weighted by Gasteiger charge is 2.34. The van der Waals surface area contributed by atoms with Gasteiger partial charge in [0.15, 0.2) is 0 Å². The summed E-state index contributed by atoms with van der Waals surface area (Å²) < 4.78 is 0. The lowest BCUT2D eigenvalue weighted by molar-refractivity contribution is -0.119. The van der Waals surface area contributed by atoms with Crippen LogP contribution >= 0.6 is 11.8 Å². The van der Waals surface area contributed by atoms with Crippen molar-refractivity contribution in [3.05, 3.63) is 59.8 Å². The zero-order chi connectivity index (χ0) is 16.9. The van der Waals surface area contributed by atoms with Crippen molar-refractivity contribution < 1.29 is 9.90 Å². The van der Waals surface area contributed by atoms with Gasteiger partial charge in [-0.25, -0.2) is 4.98 Å². The first-order chi connectivity index (χ1) is 11.7. The van der Waals surface area contributed by atoms with Crippen LogP contribution in [0.15, 0.2) is 48.7 Å². The van der Waals surface area contributed by atoms with Crippen molar-refractivity contribution in [2.24, 2.45) is 0 Å². The number of aromatic nitrogens is 1. The van der Waals surface area contributed by atoms with E-state index in [9.17, 15) is 9.90 Å². The lowest BCUT2D eigenvalue weighted by atomic mass is 10.0. The van der Waals surface area contributed by atoms with Crippen molar-refractivity contribution in [2.45, 2.75) is 30.6 Å². The Bertz CT molecular complexity index is 693. The van der Waals surface area contributed by atoms with Crippen LogP contribution in [-0.4, -0.2) is 40.2 Å². The Kier molecular flexibility index (Phi) is 5.53. The minimum Gasteiger partial charge on any atom is -0.391 e. The molecule has 0 saturated carbocycles. The Hall–Kier alpha value is -1.85. The van der Waals surface area contributed by atoms with Crippen molar-refractivity contribution in [2.75, 3.05) is 17.7 Å². The number of aliphatic hydroxyl groups is 1. The second kappa shape index (κ2) is 7.81. The minimum atomic E-state index is -0.666. The number of hydrogen-bond donors (Lipinski definition) is 1. The topological polar surface area (TPSA) is 53.4 Å². The monoisotopic (exact) mass is 342 g/mol. The molecule has 2 heterocycles. The lowest BCUT2D eigenvalue weighted by Gasteiger charge is -2.25. The summed E-state index contributed by atoms with van der Waals surface area (Å²) in [5.41, 5.74) is 2.28. The smallest absolute Gasteiger partial charge is 0.243 e. The predicted octanol–water partition coefficient (Wildman–Crippen LogP) is 2.70. The second-order valence-corrected chi connectivity index (χ2v) is 6.95. The van der Waals surface area contributed by atoms with Gasteiger partial charge in [-0.3, -0.25) is 9.69 Å². The average molecular weight is 342 g/mol. The Morgan fingerprint density at radius 3 is 2.83 bits per heavy atom. The van der Waals surface area contributed by atoms with Gasteiger partial charge in [0.1, 0.15) is 11.1 Å². The van der Waals surface area contributed by atoms with Crippen LogP contribution in [0.3, 0.4) is 0 Å². The molecule has 2 atom stereocenters. The molecule has 0 spiro atoms. The molecule has 0 aliphatic carbocycles. The molecule has 0 radical (unpaired) electrons. The van der Waals surface area contributed by atoms with E-state index in [4.69, 9.17) is 0 Å². The molecule has 1 amide bonds. The number of hydrogen-bond acceptors (Lipinski definition) is 4. The molecule has 126 valence electrons. The second-order valence-electron chi connectivity index (χ2n) is 5.97. The molecule has 3 rings (SSSR count). The number of benzene rings is 1. The first kappa shape index (κ1) is 17.0. The van der Waals surface area contributed by atoms with Crippen LogP contribution in [-0.2, 0) is 17.6 Å². The van der Waals surface area contributed by atoms with E-state index in [1.165, 1.54) is 17.3 Å². The van der Waals surface area contributed by atoms with Gasteiger partial charge in [0.2, 0.25) is 5.91 Å². The number of rotatable bonds is 6. The summed E-state index contributed by atoms with van der Waals surface area (Å²) >= 11 is 1.41. The normalized spacial score (nSPS) is 15.8. The number of nitrogens with zero attached hydrogens (tertiary/aromatic N) is 2. The van der Waals surface area contributed by atoms with Crippen molar-refractivity contribution in [3.8, 4) is 0 Å². The molecule has 2 aromatic rings. The number of aliphatic hydroxyl groups excluding tert-OH is 1. The highest BCUT2D eigenvalue weighted by Crippen LogP contribution is 2.28. The summed E-state index contributed by atoms with van der Waals surface area (Å²) in [6.45, 7) is 0.646. The van der Waals surface area contributed by atoms with Crippen LogP contribution in [0.1, 0.15) is 17.5 Å². The molecule has 0 saturated heterocycles. The molecule has 1 aromatic heterocycles. The number of pyridine rings is 1. The summed E-state index contributed by atoms with van der Waals surface area (Å²) in [4.78, 5) is 19.0. The molecule has 0 fully saturated rings. The maximum Gasteiger partial charge on any atom is 0.243 e. The van der Waals surface area contributed by atoms with Crippen molar-refractivity contribution in [3.63, 3.8) is 0 Å². The Balaban J connectivity index is 1.66. The summed E-state index contributed by atoms with van der Waals surface area (Å²) in [5.74, 6) is 0.706. The van der Waals surface area contributed by atoms with E-state index in [0.717, 1.165) is 24.2 Å². The largest absolute Gasteiger partial charge is 0.391 e. The van der Waals surface area contributed by atoms with Crippen LogP contribution in [0.5, 0.6) is 0 Å². The molecular formula is C19H22N2O2S. The van der Waals surface area contributed by atoms with Gasteiger partial charge in [0.25, 0.3) is 0 Å². The number of fused-ring (bicyclic) bond motifs is 1. The van der Waals surface area contributed by atoms with E-state index in [1.54, 1.807) is 11.1 Å². The van der Waals surface area contributed by atoms with Crippen LogP contribution in [0.4, 0.5) is 5.82 Å². The minimum absolute atomic E-state index is 0.0412. The van der Waals surface area contributed by atoms with Crippen molar-refractivity contribution >= 4 is 23.5 Å². The molecule has 4 nitrogen and oxygen atoms in total. The molecule has 1 aromatic carbocycles. The van der Waals surface area contributed by atoms with Gasteiger partial charge in [-0.2, -0.15) is 0 Å². The van der Waals surface area contributed by atoms with E-state index >= 15 is 0 Å². The Morgan fingerprint density at radius 2 is 2.08 bits per heavy atom. The average Bonchev–Trinajstić information content (AvgIpc) is 3.05. The number of amides is 1. The van der Waals surface area contributed by atoms with E-state index < -0.39 is 11.4 Å². The highest BCUT2D eigenvalue weighted by atomic mass is 32.2. The fraction of sp³-hybridized carbons (Fsp3) is 0.368. The SMILES string of the molecule is CS[C@@H](C(=O)N1CCc2cccnc21)[C@@H](O)CCc1ccccc1. The van der Waals surface area contributed by atoms with Gasteiger partial charge >= 0.3 is 0 Å². The summed E-state index contributed by atoms with van der Waals surface area (Å²) in [6, 6.07) is 14.0. The van der Waals surface area contributed by atoms with E-state index in [0.29, 0.717) is 13.0 Å². The standard InChI is InChI=1S/C19H22N2O2S/c1-24-17(16(22)10-9-14-6-3-2-4-7-14)19(23)21-13-11-15-8-5-12-20-18(15)21/h2-8,12,16-17,22H,9-11,13H2,1H3/t16-,17+/m0/s1. The van der Waals surface area contributed by atoms with E-state index in [1.807, 2.05) is 48.7 Å². The third kappa shape index (κ3) is 3.62. The Morgan fingerprint density at radius 1 is 1.29 bits per heavy atom. The number of thioether (sulfide) groups is 1. The number of anilines is 1. The number of carbonyl (C=O) groups is 1. The van der Waals surface area contributed by atoms with Gasteiger partial charge < -0.3 is 5.11 Å². The molecule has 1 N–H and O–H groups in total. The molecule has 1 aliphatic heterocycles. The summed E-state index contributed by atoms with van der Waals surface area (Å²) in [6.07, 6.45) is 5.09. The fourth-order valence-corrected chi connectivity index (χ4v) is 3.89. The zero-order valence-corrected chi connectivity index (χ0v) is 14.6. The maximum absolute atomic E-state index is 12.9. The molecular weight excluding hydrogens is 320 g/mol. The first-order valence-electron chi connectivity index (χ1n) is 8.20. The molecule has 1 aliphatic rings. The first-order valence-corrected chi connectivity index (χ1v) is 9.49. The van der Waals surface area contributed by atoms with Gasteiger partial charge in [-0.05, 0) is 42.7 Å². The zero-order valence-electron chi connectivity index (χ0n) is 13.8. The van der Waals surface area contributed by atoms with Crippen molar-refractivity contribution in [1.82, 2.24) is 4.98 Å². The molecule has 0 unspecified atom stereocenters. The van der Waals surface area contributed by atoms with Gasteiger partial charge in [-0.1, -0.05) is 36.4 Å². The maximum atomic E-state index is 12.9. The van der Waals surface area contributed by atoms with Crippen LogP contribution in [0, 0.1) is 0 Å². The van der Waals surface area contributed by atoms with Gasteiger partial charge in [-0.15, -0.1) is 11.8 Å². The van der Waals surface area contributed by atoms with Gasteiger partial charge in [0, 0.05) is 12.7 Å². The third-order valence-electron chi connectivity index (χ3n) is 4.41. The lowest BCUT2D eigenvalue weighted by Crippen LogP contribution is -2.43. The fourth-order valence-electron chi connectivity index (χ4n) is 3.11. The third-order valence-corrected chi connectivity index (χ3v) is 5.44.